The number of anilines is 1. The van der Waals surface area contributed by atoms with Gasteiger partial charge in [-0.25, -0.2) is 4.79 Å². The summed E-state index contributed by atoms with van der Waals surface area (Å²) >= 11 is 6.20. The summed E-state index contributed by atoms with van der Waals surface area (Å²) in [6.45, 7) is 0. The molecule has 3 N–H and O–H groups in total. The van der Waals surface area contributed by atoms with Crippen LogP contribution in [0.25, 0.3) is 11.1 Å². The van der Waals surface area contributed by atoms with Crippen LogP contribution in [0.5, 0.6) is 0 Å². The fourth-order valence-electron chi connectivity index (χ4n) is 1.59. The van der Waals surface area contributed by atoms with Gasteiger partial charge in [0.1, 0.15) is 0 Å². The molecule has 0 unspecified atom stereocenters. The molecule has 0 aromatic heterocycles. The van der Waals surface area contributed by atoms with Gasteiger partial charge in [0.05, 0.1) is 5.56 Å². The maximum atomic E-state index is 10.7. The SMILES string of the molecule is Nc1ccc(/C(Cl)=C/c2ccc(C(=O)O)cc2)cc1. The second-order valence-corrected chi connectivity index (χ2v) is 4.45. The van der Waals surface area contributed by atoms with Gasteiger partial charge < -0.3 is 10.8 Å². The molecule has 2 rings (SSSR count). The van der Waals surface area contributed by atoms with Gasteiger partial charge in [-0.15, -0.1) is 0 Å². The maximum Gasteiger partial charge on any atom is 0.335 e. The van der Waals surface area contributed by atoms with E-state index in [0.717, 1.165) is 11.1 Å². The molecule has 0 heterocycles. The molecule has 19 heavy (non-hydrogen) atoms. The Morgan fingerprint density at radius 2 is 1.53 bits per heavy atom. The van der Waals surface area contributed by atoms with Crippen molar-refractivity contribution >= 4 is 34.4 Å². The largest absolute Gasteiger partial charge is 0.478 e. The Kier molecular flexibility index (Phi) is 3.88. The van der Waals surface area contributed by atoms with Gasteiger partial charge in [-0.3, -0.25) is 0 Å². The molecular formula is C15H12ClNO2. The van der Waals surface area contributed by atoms with Crippen molar-refractivity contribution in [2.45, 2.75) is 0 Å². The maximum absolute atomic E-state index is 10.7. The molecule has 0 aliphatic rings. The van der Waals surface area contributed by atoms with E-state index in [9.17, 15) is 4.79 Å². The Balaban J connectivity index is 2.25. The van der Waals surface area contributed by atoms with E-state index >= 15 is 0 Å². The predicted octanol–water partition coefficient (Wildman–Crippen LogP) is 3.70. The molecule has 2 aromatic rings. The fraction of sp³-hybridized carbons (Fsp3) is 0. The number of nitrogen functional groups attached to an aromatic ring is 1. The molecule has 0 atom stereocenters. The molecule has 0 saturated heterocycles. The van der Waals surface area contributed by atoms with Gasteiger partial charge in [0.15, 0.2) is 0 Å². The summed E-state index contributed by atoms with van der Waals surface area (Å²) in [5, 5.41) is 9.38. The molecule has 0 spiro atoms. The second kappa shape index (κ2) is 5.59. The van der Waals surface area contributed by atoms with E-state index in [1.54, 1.807) is 42.5 Å². The van der Waals surface area contributed by atoms with E-state index in [1.807, 2.05) is 12.1 Å². The molecule has 0 amide bonds. The molecule has 96 valence electrons. The second-order valence-electron chi connectivity index (χ2n) is 4.04. The number of carbonyl (C=O) groups is 1. The first kappa shape index (κ1) is 13.2. The molecule has 4 heteroatoms. The van der Waals surface area contributed by atoms with Gasteiger partial charge in [0.25, 0.3) is 0 Å². The molecule has 0 aliphatic carbocycles. The molecule has 0 saturated carbocycles. The molecule has 2 aromatic carbocycles. The zero-order valence-corrected chi connectivity index (χ0v) is 10.8. The quantitative estimate of drug-likeness (QED) is 0.662. The Bertz CT molecular complexity index is 616. The minimum Gasteiger partial charge on any atom is -0.478 e. The monoisotopic (exact) mass is 273 g/mol. The fourth-order valence-corrected chi connectivity index (χ4v) is 1.85. The lowest BCUT2D eigenvalue weighted by molar-refractivity contribution is 0.0697. The van der Waals surface area contributed by atoms with Crippen molar-refractivity contribution in [3.63, 3.8) is 0 Å². The Morgan fingerprint density at radius 1 is 1.00 bits per heavy atom. The number of benzene rings is 2. The van der Waals surface area contributed by atoms with Crippen LogP contribution in [0.4, 0.5) is 5.69 Å². The third-order valence-corrected chi connectivity index (χ3v) is 2.96. The van der Waals surface area contributed by atoms with E-state index in [1.165, 1.54) is 0 Å². The number of nitrogens with two attached hydrogens (primary N) is 1. The van der Waals surface area contributed by atoms with Crippen LogP contribution in [-0.2, 0) is 0 Å². The normalized spacial score (nSPS) is 11.3. The first-order valence-electron chi connectivity index (χ1n) is 5.63. The van der Waals surface area contributed by atoms with Crippen LogP contribution in [0.2, 0.25) is 0 Å². The number of aromatic carboxylic acids is 1. The summed E-state index contributed by atoms with van der Waals surface area (Å²) in [6.07, 6.45) is 1.78. The number of rotatable bonds is 3. The predicted molar refractivity (Wildman–Crippen MR) is 78.0 cm³/mol. The van der Waals surface area contributed by atoms with Crippen LogP contribution in [0.1, 0.15) is 21.5 Å². The average Bonchev–Trinajstić information content (AvgIpc) is 2.40. The van der Waals surface area contributed by atoms with Crippen LogP contribution < -0.4 is 5.73 Å². The standard InChI is InChI=1S/C15H12ClNO2/c16-14(11-5-7-13(17)8-6-11)9-10-1-3-12(4-2-10)15(18)19/h1-9H,17H2,(H,18,19)/b14-9-. The number of carboxylic acid groups (broad SMARTS) is 1. The zero-order chi connectivity index (χ0) is 13.8. The van der Waals surface area contributed by atoms with Crippen LogP contribution >= 0.6 is 11.6 Å². The van der Waals surface area contributed by atoms with Crippen molar-refractivity contribution in [1.29, 1.82) is 0 Å². The lowest BCUT2D eigenvalue weighted by atomic mass is 10.1. The summed E-state index contributed by atoms with van der Waals surface area (Å²) in [6, 6.07) is 13.7. The molecule has 0 aliphatic heterocycles. The first-order chi connectivity index (χ1) is 9.06. The Labute approximate surface area is 115 Å². The van der Waals surface area contributed by atoms with Gasteiger partial charge in [-0.2, -0.15) is 0 Å². The molecule has 0 fully saturated rings. The Hall–Kier alpha value is -2.26. The minimum absolute atomic E-state index is 0.251. The van der Waals surface area contributed by atoms with Gasteiger partial charge in [0.2, 0.25) is 0 Å². The van der Waals surface area contributed by atoms with Gasteiger partial charge in [-0.05, 0) is 41.5 Å². The van der Waals surface area contributed by atoms with Crippen LogP contribution in [0, 0.1) is 0 Å². The van der Waals surface area contributed by atoms with Gasteiger partial charge in [0, 0.05) is 10.7 Å². The number of hydrogen-bond donors (Lipinski definition) is 2. The molecule has 0 radical (unpaired) electrons. The smallest absolute Gasteiger partial charge is 0.335 e. The van der Waals surface area contributed by atoms with Gasteiger partial charge >= 0.3 is 5.97 Å². The third kappa shape index (κ3) is 3.36. The van der Waals surface area contributed by atoms with Crippen molar-refractivity contribution in [1.82, 2.24) is 0 Å². The number of carboxylic acids is 1. The van der Waals surface area contributed by atoms with E-state index in [4.69, 9.17) is 22.4 Å². The summed E-state index contributed by atoms with van der Waals surface area (Å²) in [5.41, 5.74) is 8.24. The van der Waals surface area contributed by atoms with Crippen molar-refractivity contribution in [2.75, 3.05) is 5.73 Å². The van der Waals surface area contributed by atoms with Crippen molar-refractivity contribution in [3.8, 4) is 0 Å². The lowest BCUT2D eigenvalue weighted by Gasteiger charge is -2.01. The summed E-state index contributed by atoms with van der Waals surface area (Å²) < 4.78 is 0. The minimum atomic E-state index is -0.944. The first-order valence-corrected chi connectivity index (χ1v) is 6.00. The zero-order valence-electron chi connectivity index (χ0n) is 10.0. The molecule has 0 bridgehead atoms. The highest BCUT2D eigenvalue weighted by Crippen LogP contribution is 2.23. The van der Waals surface area contributed by atoms with Crippen molar-refractivity contribution < 1.29 is 9.90 Å². The summed E-state index contributed by atoms with van der Waals surface area (Å²) in [5.74, 6) is -0.944. The summed E-state index contributed by atoms with van der Waals surface area (Å²) in [7, 11) is 0. The van der Waals surface area contributed by atoms with Gasteiger partial charge in [-0.1, -0.05) is 35.9 Å². The highest BCUT2D eigenvalue weighted by atomic mass is 35.5. The van der Waals surface area contributed by atoms with E-state index in [2.05, 4.69) is 0 Å². The summed E-state index contributed by atoms with van der Waals surface area (Å²) in [4.78, 5) is 10.7. The molecule has 3 nitrogen and oxygen atoms in total. The van der Waals surface area contributed by atoms with E-state index < -0.39 is 5.97 Å². The number of hydrogen-bond acceptors (Lipinski definition) is 2. The van der Waals surface area contributed by atoms with Crippen LogP contribution in [-0.4, -0.2) is 11.1 Å². The van der Waals surface area contributed by atoms with Crippen molar-refractivity contribution in [2.24, 2.45) is 0 Å². The Morgan fingerprint density at radius 3 is 2.05 bits per heavy atom. The van der Waals surface area contributed by atoms with E-state index in [-0.39, 0.29) is 5.56 Å². The van der Waals surface area contributed by atoms with Crippen molar-refractivity contribution in [3.05, 3.63) is 65.2 Å². The topological polar surface area (TPSA) is 63.3 Å². The average molecular weight is 274 g/mol. The van der Waals surface area contributed by atoms with Crippen LogP contribution in [0.15, 0.2) is 48.5 Å². The van der Waals surface area contributed by atoms with E-state index in [0.29, 0.717) is 10.7 Å². The third-order valence-electron chi connectivity index (χ3n) is 2.64. The molecular weight excluding hydrogens is 262 g/mol. The highest BCUT2D eigenvalue weighted by Gasteiger charge is 2.02. The van der Waals surface area contributed by atoms with Crippen LogP contribution in [0.3, 0.4) is 0 Å². The number of halogens is 1. The lowest BCUT2D eigenvalue weighted by Crippen LogP contribution is -1.94. The highest BCUT2D eigenvalue weighted by molar-refractivity contribution is 6.51.